The molecule has 0 aromatic heterocycles. The number of carbonyl (C=O) groups is 1. The summed E-state index contributed by atoms with van der Waals surface area (Å²) in [5.41, 5.74) is 7.58. The number of hydrogen-bond acceptors (Lipinski definition) is 4. The Morgan fingerprint density at radius 3 is 2.54 bits per heavy atom. The molecule has 0 bridgehead atoms. The largest absolute Gasteiger partial charge is 0.487 e. The van der Waals surface area contributed by atoms with Crippen molar-refractivity contribution in [3.8, 4) is 5.75 Å². The molecule has 0 atom stereocenters. The Kier molecular flexibility index (Phi) is 4.99. The highest BCUT2D eigenvalue weighted by Gasteiger charge is 2.20. The first-order valence-corrected chi connectivity index (χ1v) is 8.09. The topological polar surface area (TPSA) is 61.6 Å². The maximum atomic E-state index is 12.9. The van der Waals surface area contributed by atoms with Gasteiger partial charge in [-0.05, 0) is 61.6 Å². The van der Waals surface area contributed by atoms with Crippen LogP contribution in [-0.4, -0.2) is 12.1 Å². The molecule has 24 heavy (non-hydrogen) atoms. The fourth-order valence-electron chi connectivity index (χ4n) is 2.75. The van der Waals surface area contributed by atoms with Crippen molar-refractivity contribution in [2.45, 2.75) is 38.4 Å². The molecule has 126 valence electrons. The first-order chi connectivity index (χ1) is 11.6. The van der Waals surface area contributed by atoms with Crippen molar-refractivity contribution in [1.29, 1.82) is 0 Å². The zero-order chi connectivity index (χ0) is 16.9. The lowest BCUT2D eigenvalue weighted by Gasteiger charge is -2.13. The van der Waals surface area contributed by atoms with E-state index in [1.54, 1.807) is 30.3 Å². The molecule has 0 radical (unpaired) electrons. The lowest BCUT2D eigenvalue weighted by atomic mass is 10.2. The molecule has 0 heterocycles. The SMILES string of the molecule is Nc1ccc(C(=O)OC2CCCC2)cc1OCc1ccc(F)cc1. The molecule has 2 N–H and O–H groups in total. The number of carbonyl (C=O) groups excluding carboxylic acids is 1. The van der Waals surface area contributed by atoms with E-state index in [1.807, 2.05) is 0 Å². The maximum absolute atomic E-state index is 12.9. The van der Waals surface area contributed by atoms with Gasteiger partial charge in [-0.25, -0.2) is 9.18 Å². The first kappa shape index (κ1) is 16.3. The number of esters is 1. The number of nitrogen functional groups attached to an aromatic ring is 1. The van der Waals surface area contributed by atoms with Crippen LogP contribution in [-0.2, 0) is 11.3 Å². The van der Waals surface area contributed by atoms with Crippen LogP contribution in [0.3, 0.4) is 0 Å². The lowest BCUT2D eigenvalue weighted by molar-refractivity contribution is 0.0317. The van der Waals surface area contributed by atoms with Gasteiger partial charge in [-0.3, -0.25) is 0 Å². The third-order valence-electron chi connectivity index (χ3n) is 4.13. The number of ether oxygens (including phenoxy) is 2. The van der Waals surface area contributed by atoms with E-state index in [0.29, 0.717) is 17.0 Å². The molecular weight excluding hydrogens is 309 g/mol. The van der Waals surface area contributed by atoms with Gasteiger partial charge in [0.2, 0.25) is 0 Å². The van der Waals surface area contributed by atoms with E-state index in [0.717, 1.165) is 31.2 Å². The fraction of sp³-hybridized carbons (Fsp3) is 0.316. The van der Waals surface area contributed by atoms with Crippen molar-refractivity contribution in [2.75, 3.05) is 5.73 Å². The lowest BCUT2D eigenvalue weighted by Crippen LogP contribution is -2.15. The average molecular weight is 329 g/mol. The summed E-state index contributed by atoms with van der Waals surface area (Å²) in [6.45, 7) is 0.242. The van der Waals surface area contributed by atoms with Gasteiger partial charge in [0.15, 0.2) is 0 Å². The van der Waals surface area contributed by atoms with E-state index in [4.69, 9.17) is 15.2 Å². The number of nitrogens with two attached hydrogens (primary N) is 1. The predicted octanol–water partition coefficient (Wildman–Crippen LogP) is 4.09. The maximum Gasteiger partial charge on any atom is 0.338 e. The molecule has 2 aromatic rings. The smallest absolute Gasteiger partial charge is 0.338 e. The highest BCUT2D eigenvalue weighted by molar-refractivity contribution is 5.90. The van der Waals surface area contributed by atoms with E-state index in [2.05, 4.69) is 0 Å². The fourth-order valence-corrected chi connectivity index (χ4v) is 2.75. The molecule has 1 aliphatic carbocycles. The zero-order valence-electron chi connectivity index (χ0n) is 13.3. The van der Waals surface area contributed by atoms with Gasteiger partial charge in [0, 0.05) is 0 Å². The van der Waals surface area contributed by atoms with Gasteiger partial charge >= 0.3 is 5.97 Å². The normalized spacial score (nSPS) is 14.5. The zero-order valence-corrected chi connectivity index (χ0v) is 13.3. The second-order valence-electron chi connectivity index (χ2n) is 5.98. The van der Waals surface area contributed by atoms with Crippen LogP contribution in [0.2, 0.25) is 0 Å². The number of hydrogen-bond donors (Lipinski definition) is 1. The second kappa shape index (κ2) is 7.34. The molecule has 3 rings (SSSR count). The highest BCUT2D eigenvalue weighted by atomic mass is 19.1. The highest BCUT2D eigenvalue weighted by Crippen LogP contribution is 2.26. The molecule has 4 nitrogen and oxygen atoms in total. The van der Waals surface area contributed by atoms with E-state index in [1.165, 1.54) is 12.1 Å². The van der Waals surface area contributed by atoms with E-state index in [9.17, 15) is 9.18 Å². The standard InChI is InChI=1S/C19H20FNO3/c20-15-8-5-13(6-9-15)12-23-18-11-14(7-10-17(18)21)19(22)24-16-3-1-2-4-16/h5-11,16H,1-4,12,21H2. The molecule has 0 aliphatic heterocycles. The number of benzene rings is 2. The Labute approximate surface area is 140 Å². The van der Waals surface area contributed by atoms with Crippen molar-refractivity contribution < 1.29 is 18.7 Å². The summed E-state index contributed by atoms with van der Waals surface area (Å²) in [4.78, 5) is 12.2. The third-order valence-corrected chi connectivity index (χ3v) is 4.13. The molecule has 0 spiro atoms. The van der Waals surface area contributed by atoms with Crippen molar-refractivity contribution in [3.63, 3.8) is 0 Å². The first-order valence-electron chi connectivity index (χ1n) is 8.09. The Bertz CT molecular complexity index is 709. The number of rotatable bonds is 5. The molecule has 1 aliphatic rings. The molecule has 1 fully saturated rings. The Morgan fingerprint density at radius 2 is 1.83 bits per heavy atom. The molecular formula is C19H20FNO3. The molecule has 0 saturated heterocycles. The molecule has 0 unspecified atom stereocenters. The van der Waals surface area contributed by atoms with Crippen LogP contribution in [0.5, 0.6) is 5.75 Å². The number of halogens is 1. The van der Waals surface area contributed by atoms with E-state index < -0.39 is 0 Å². The predicted molar refractivity (Wildman–Crippen MR) is 89.3 cm³/mol. The van der Waals surface area contributed by atoms with Crippen molar-refractivity contribution in [2.24, 2.45) is 0 Å². The van der Waals surface area contributed by atoms with Crippen LogP contribution in [0.15, 0.2) is 42.5 Å². The minimum atomic E-state index is -0.353. The number of anilines is 1. The van der Waals surface area contributed by atoms with Gasteiger partial charge in [0.25, 0.3) is 0 Å². The van der Waals surface area contributed by atoms with Crippen LogP contribution in [0, 0.1) is 5.82 Å². The molecule has 2 aromatic carbocycles. The van der Waals surface area contributed by atoms with Crippen LogP contribution >= 0.6 is 0 Å². The third kappa shape index (κ3) is 4.04. The summed E-state index contributed by atoms with van der Waals surface area (Å²) in [7, 11) is 0. The summed E-state index contributed by atoms with van der Waals surface area (Å²) in [6.07, 6.45) is 4.07. The Hall–Kier alpha value is -2.56. The van der Waals surface area contributed by atoms with Gasteiger partial charge in [0.05, 0.1) is 11.3 Å². The van der Waals surface area contributed by atoms with Gasteiger partial charge in [-0.1, -0.05) is 12.1 Å². The minimum Gasteiger partial charge on any atom is -0.487 e. The van der Waals surface area contributed by atoms with Crippen molar-refractivity contribution in [1.82, 2.24) is 0 Å². The van der Waals surface area contributed by atoms with E-state index >= 15 is 0 Å². The van der Waals surface area contributed by atoms with Gasteiger partial charge in [0.1, 0.15) is 24.3 Å². The van der Waals surface area contributed by atoms with Gasteiger partial charge in [-0.15, -0.1) is 0 Å². The summed E-state index contributed by atoms with van der Waals surface area (Å²) in [5.74, 6) is -0.233. The summed E-state index contributed by atoms with van der Waals surface area (Å²) in [6, 6.07) is 10.9. The van der Waals surface area contributed by atoms with E-state index in [-0.39, 0.29) is 24.5 Å². The van der Waals surface area contributed by atoms with Crippen LogP contribution in [0.4, 0.5) is 10.1 Å². The van der Waals surface area contributed by atoms with Crippen molar-refractivity contribution in [3.05, 3.63) is 59.4 Å². The average Bonchev–Trinajstić information content (AvgIpc) is 3.08. The molecule has 1 saturated carbocycles. The quantitative estimate of drug-likeness (QED) is 0.663. The minimum absolute atomic E-state index is 0.0126. The Balaban J connectivity index is 1.66. The summed E-state index contributed by atoms with van der Waals surface area (Å²) >= 11 is 0. The van der Waals surface area contributed by atoms with Crippen LogP contribution in [0.1, 0.15) is 41.6 Å². The Morgan fingerprint density at radius 1 is 1.12 bits per heavy atom. The molecule has 0 amide bonds. The second-order valence-corrected chi connectivity index (χ2v) is 5.98. The van der Waals surface area contributed by atoms with Crippen LogP contribution < -0.4 is 10.5 Å². The summed E-state index contributed by atoms with van der Waals surface area (Å²) in [5, 5.41) is 0. The van der Waals surface area contributed by atoms with Gasteiger partial charge < -0.3 is 15.2 Å². The van der Waals surface area contributed by atoms with Crippen LogP contribution in [0.25, 0.3) is 0 Å². The molecule has 5 heteroatoms. The monoisotopic (exact) mass is 329 g/mol. The van der Waals surface area contributed by atoms with Gasteiger partial charge in [-0.2, -0.15) is 0 Å². The van der Waals surface area contributed by atoms with Crippen molar-refractivity contribution >= 4 is 11.7 Å². The summed E-state index contributed by atoms with van der Waals surface area (Å²) < 4.78 is 24.1.